The van der Waals surface area contributed by atoms with Crippen LogP contribution >= 0.6 is 11.8 Å². The average molecular weight is 300 g/mol. The highest BCUT2D eigenvalue weighted by Gasteiger charge is 2.30. The number of nitrogens with zero attached hydrogens (tertiary/aromatic N) is 1. The average Bonchev–Trinajstić information content (AvgIpc) is 3.04. The molecule has 2 aliphatic rings. The highest BCUT2D eigenvalue weighted by molar-refractivity contribution is 7.99. The first kappa shape index (κ1) is 16.1. The summed E-state index contributed by atoms with van der Waals surface area (Å²) in [6.07, 6.45) is 3.60. The lowest BCUT2D eigenvalue weighted by Crippen LogP contribution is -2.50. The third-order valence-corrected chi connectivity index (χ3v) is 5.01. The van der Waals surface area contributed by atoms with Gasteiger partial charge >= 0.3 is 0 Å². The number of carbonyl (C=O) groups is 1. The zero-order valence-corrected chi connectivity index (χ0v) is 13.8. The molecule has 2 rings (SSSR count). The van der Waals surface area contributed by atoms with Crippen molar-refractivity contribution in [2.45, 2.75) is 57.7 Å². The van der Waals surface area contributed by atoms with Crippen molar-refractivity contribution >= 4 is 17.7 Å². The van der Waals surface area contributed by atoms with Gasteiger partial charge in [-0.3, -0.25) is 4.79 Å². The van der Waals surface area contributed by atoms with Crippen LogP contribution in [0.3, 0.4) is 0 Å². The molecule has 0 spiro atoms. The van der Waals surface area contributed by atoms with E-state index in [2.05, 4.69) is 31.0 Å². The predicted molar refractivity (Wildman–Crippen MR) is 84.2 cm³/mol. The summed E-state index contributed by atoms with van der Waals surface area (Å²) in [6, 6.07) is 0.401. The van der Waals surface area contributed by atoms with E-state index in [9.17, 15) is 4.79 Å². The van der Waals surface area contributed by atoms with Crippen LogP contribution in [0.25, 0.3) is 0 Å². The van der Waals surface area contributed by atoms with Gasteiger partial charge < -0.3 is 15.0 Å². The van der Waals surface area contributed by atoms with Crippen molar-refractivity contribution < 1.29 is 9.53 Å². The molecule has 0 radical (unpaired) electrons. The fourth-order valence-electron chi connectivity index (χ4n) is 2.67. The Morgan fingerprint density at radius 3 is 2.75 bits per heavy atom. The molecule has 0 aliphatic carbocycles. The summed E-state index contributed by atoms with van der Waals surface area (Å²) in [4.78, 5) is 14.6. The molecule has 5 heteroatoms. The third kappa shape index (κ3) is 4.93. The number of carbonyl (C=O) groups excluding carboxylic acids is 1. The summed E-state index contributed by atoms with van der Waals surface area (Å²) in [5, 5.41) is 3.31. The smallest absolute Gasteiger partial charge is 0.236 e. The Labute approximate surface area is 127 Å². The van der Waals surface area contributed by atoms with Crippen LogP contribution in [-0.4, -0.2) is 59.7 Å². The normalized spacial score (nSPS) is 26.9. The van der Waals surface area contributed by atoms with E-state index in [4.69, 9.17) is 4.74 Å². The summed E-state index contributed by atoms with van der Waals surface area (Å²) in [7, 11) is 0. The van der Waals surface area contributed by atoms with Gasteiger partial charge in [0.25, 0.3) is 0 Å². The molecule has 4 nitrogen and oxygen atoms in total. The van der Waals surface area contributed by atoms with E-state index in [0.29, 0.717) is 12.6 Å². The monoisotopic (exact) mass is 300 g/mol. The van der Waals surface area contributed by atoms with Crippen molar-refractivity contribution in [3.8, 4) is 0 Å². The Morgan fingerprint density at radius 1 is 1.40 bits per heavy atom. The number of hydrogen-bond donors (Lipinski definition) is 1. The van der Waals surface area contributed by atoms with Crippen molar-refractivity contribution in [2.75, 3.05) is 31.2 Å². The van der Waals surface area contributed by atoms with Crippen LogP contribution in [0, 0.1) is 0 Å². The Morgan fingerprint density at radius 2 is 2.20 bits per heavy atom. The molecule has 2 atom stereocenters. The van der Waals surface area contributed by atoms with Crippen molar-refractivity contribution in [1.82, 2.24) is 10.2 Å². The minimum atomic E-state index is -0.0182. The first-order valence-electron chi connectivity index (χ1n) is 7.69. The van der Waals surface area contributed by atoms with Crippen LogP contribution in [0.15, 0.2) is 0 Å². The molecular weight excluding hydrogens is 272 g/mol. The number of ether oxygens (including phenoxy) is 1. The van der Waals surface area contributed by atoms with Crippen LogP contribution in [0.2, 0.25) is 0 Å². The maximum Gasteiger partial charge on any atom is 0.236 e. The van der Waals surface area contributed by atoms with Gasteiger partial charge in [0.2, 0.25) is 5.91 Å². The molecule has 0 bridgehead atoms. The summed E-state index contributed by atoms with van der Waals surface area (Å²) < 4.78 is 5.72. The molecule has 2 heterocycles. The molecule has 2 unspecified atom stereocenters. The summed E-state index contributed by atoms with van der Waals surface area (Å²) in [5.74, 6) is 2.48. The first-order valence-corrected chi connectivity index (χ1v) is 8.85. The van der Waals surface area contributed by atoms with Crippen LogP contribution in [0.5, 0.6) is 0 Å². The number of rotatable bonds is 5. The number of nitrogens with one attached hydrogen (secondary N) is 1. The minimum Gasteiger partial charge on any atom is -0.376 e. The Bertz CT molecular complexity index is 318. The highest BCUT2D eigenvalue weighted by atomic mass is 32.2. The lowest BCUT2D eigenvalue weighted by Gasteiger charge is -2.32. The van der Waals surface area contributed by atoms with Crippen LogP contribution in [0.4, 0.5) is 0 Å². The second-order valence-electron chi connectivity index (χ2n) is 6.80. The SMILES string of the molecule is CC(C)(C)NCC(=O)N(CC1CCCO1)C1CCSC1. The summed E-state index contributed by atoms with van der Waals surface area (Å²) in [6.45, 7) is 8.34. The molecule has 2 fully saturated rings. The minimum absolute atomic E-state index is 0.0182. The van der Waals surface area contributed by atoms with Gasteiger partial charge in [-0.05, 0) is 45.8 Å². The van der Waals surface area contributed by atoms with Gasteiger partial charge in [-0.25, -0.2) is 0 Å². The van der Waals surface area contributed by atoms with E-state index in [0.717, 1.165) is 38.2 Å². The predicted octanol–water partition coefficient (Wildman–Crippen LogP) is 1.89. The molecule has 0 aromatic carbocycles. The standard InChI is InChI=1S/C15H28N2O2S/c1-15(2,3)16-9-14(18)17(12-6-8-20-11-12)10-13-5-4-7-19-13/h12-13,16H,4-11H2,1-3H3. The third-order valence-electron chi connectivity index (χ3n) is 3.86. The maximum absolute atomic E-state index is 12.6. The molecular formula is C15H28N2O2S. The molecule has 116 valence electrons. The fraction of sp³-hybridized carbons (Fsp3) is 0.933. The molecule has 1 N–H and O–H groups in total. The van der Waals surface area contributed by atoms with E-state index in [-0.39, 0.29) is 17.6 Å². The largest absolute Gasteiger partial charge is 0.376 e. The van der Waals surface area contributed by atoms with Crippen LogP contribution in [0.1, 0.15) is 40.0 Å². The summed E-state index contributed by atoms with van der Waals surface area (Å²) in [5.41, 5.74) is -0.0182. The molecule has 1 amide bonds. The molecule has 2 aliphatic heterocycles. The Balaban J connectivity index is 1.91. The molecule has 0 aromatic heterocycles. The number of thioether (sulfide) groups is 1. The Kier molecular flexibility index (Phi) is 5.75. The second kappa shape index (κ2) is 7.14. The fourth-order valence-corrected chi connectivity index (χ4v) is 3.90. The lowest BCUT2D eigenvalue weighted by atomic mass is 10.1. The zero-order valence-electron chi connectivity index (χ0n) is 13.0. The van der Waals surface area contributed by atoms with Gasteiger partial charge in [0.1, 0.15) is 0 Å². The first-order chi connectivity index (χ1) is 9.46. The highest BCUT2D eigenvalue weighted by Crippen LogP contribution is 2.24. The molecule has 0 aromatic rings. The quantitative estimate of drug-likeness (QED) is 0.842. The Hall–Kier alpha value is -0.260. The number of hydrogen-bond acceptors (Lipinski definition) is 4. The van der Waals surface area contributed by atoms with Crippen molar-refractivity contribution in [3.05, 3.63) is 0 Å². The topological polar surface area (TPSA) is 41.6 Å². The van der Waals surface area contributed by atoms with Gasteiger partial charge in [-0.15, -0.1) is 0 Å². The van der Waals surface area contributed by atoms with Crippen LogP contribution < -0.4 is 5.32 Å². The van der Waals surface area contributed by atoms with E-state index < -0.39 is 0 Å². The number of amides is 1. The zero-order chi connectivity index (χ0) is 14.6. The van der Waals surface area contributed by atoms with E-state index in [1.165, 1.54) is 5.75 Å². The van der Waals surface area contributed by atoms with Crippen molar-refractivity contribution in [3.63, 3.8) is 0 Å². The van der Waals surface area contributed by atoms with Gasteiger partial charge in [0.05, 0.1) is 12.6 Å². The van der Waals surface area contributed by atoms with Crippen LogP contribution in [-0.2, 0) is 9.53 Å². The molecule has 0 saturated carbocycles. The van der Waals surface area contributed by atoms with E-state index in [1.807, 2.05) is 11.8 Å². The second-order valence-corrected chi connectivity index (χ2v) is 7.95. The van der Waals surface area contributed by atoms with E-state index in [1.54, 1.807) is 0 Å². The molecule has 2 saturated heterocycles. The summed E-state index contributed by atoms with van der Waals surface area (Å²) >= 11 is 1.95. The van der Waals surface area contributed by atoms with E-state index >= 15 is 0 Å². The van der Waals surface area contributed by atoms with Gasteiger partial charge in [-0.1, -0.05) is 0 Å². The maximum atomic E-state index is 12.6. The van der Waals surface area contributed by atoms with Gasteiger partial charge in [-0.2, -0.15) is 11.8 Å². The van der Waals surface area contributed by atoms with Gasteiger partial charge in [0.15, 0.2) is 0 Å². The van der Waals surface area contributed by atoms with Crippen molar-refractivity contribution in [1.29, 1.82) is 0 Å². The van der Waals surface area contributed by atoms with Gasteiger partial charge in [0, 0.05) is 30.5 Å². The van der Waals surface area contributed by atoms with Crippen molar-refractivity contribution in [2.24, 2.45) is 0 Å². The lowest BCUT2D eigenvalue weighted by molar-refractivity contribution is -0.134. The molecule has 20 heavy (non-hydrogen) atoms.